The lowest BCUT2D eigenvalue weighted by Gasteiger charge is -2.34. The van der Waals surface area contributed by atoms with E-state index >= 15 is 4.39 Å². The molecule has 0 fully saturated rings. The zero-order valence-corrected chi connectivity index (χ0v) is 30.5. The number of aromatic nitrogens is 2. The highest BCUT2D eigenvalue weighted by Gasteiger charge is 2.49. The highest BCUT2D eigenvalue weighted by Crippen LogP contribution is 2.54. The minimum atomic E-state index is -0.962. The first-order valence-corrected chi connectivity index (χ1v) is 17.6. The Kier molecular flexibility index (Phi) is 8.45. The molecule has 0 radical (unpaired) electrons. The van der Waals surface area contributed by atoms with Crippen LogP contribution in [-0.2, 0) is 27.0 Å². The molecule has 0 saturated carbocycles. The van der Waals surface area contributed by atoms with Crippen LogP contribution >= 0.6 is 15.9 Å². The van der Waals surface area contributed by atoms with Crippen LogP contribution in [0.2, 0.25) is 0 Å². The molecule has 4 aromatic carbocycles. The number of amidine groups is 2. The Morgan fingerprint density at radius 2 is 1.31 bits per heavy atom. The fourth-order valence-corrected chi connectivity index (χ4v) is 7.38. The summed E-state index contributed by atoms with van der Waals surface area (Å²) >= 11 is 3.42. The number of phenols is 1. The van der Waals surface area contributed by atoms with Gasteiger partial charge in [-0.15, -0.1) is 0 Å². The molecule has 2 atom stereocenters. The van der Waals surface area contributed by atoms with Gasteiger partial charge in [-0.1, -0.05) is 22.0 Å². The molecule has 0 saturated heterocycles. The van der Waals surface area contributed by atoms with E-state index in [9.17, 15) is 14.6 Å². The summed E-state index contributed by atoms with van der Waals surface area (Å²) in [4.78, 5) is 17.1. The van der Waals surface area contributed by atoms with Gasteiger partial charge in [-0.3, -0.25) is 0 Å². The third-order valence-electron chi connectivity index (χ3n) is 9.68. The summed E-state index contributed by atoms with van der Waals surface area (Å²) in [6, 6.07) is 16.8. The maximum atomic E-state index is 15.0. The van der Waals surface area contributed by atoms with Gasteiger partial charge in [0.15, 0.2) is 22.6 Å². The number of hydrogen-bond donors (Lipinski definition) is 4. The van der Waals surface area contributed by atoms with Crippen molar-refractivity contribution in [3.8, 4) is 39.9 Å². The molecule has 6 N–H and O–H groups in total. The summed E-state index contributed by atoms with van der Waals surface area (Å²) in [5.41, 5.74) is 13.6. The quantitative estimate of drug-likeness (QED) is 0.153. The second-order valence-electron chi connectivity index (χ2n) is 13.9. The number of phenolic OH excluding ortho intramolecular Hbond substituents is 1. The molecular formula is C39H33BrF2N6O6. The van der Waals surface area contributed by atoms with E-state index in [2.05, 4.69) is 35.9 Å². The number of hydrogen-bond acceptors (Lipinski definition) is 12. The SMILES string of the molecule is CC(C)(O)CCc1ccc2c(c1)[C@]1(COC(N)=N1)c1cc(-c3cncnc3)c(F)cc1O2.NC1=N[C@]2(CO1)c1cc(Br)ccc1Oc1cc(F)c(O)cc12. The average Bonchev–Trinajstić information content (AvgIpc) is 3.72. The van der Waals surface area contributed by atoms with E-state index in [4.69, 9.17) is 30.4 Å². The lowest BCUT2D eigenvalue weighted by Crippen LogP contribution is -2.31. The molecule has 5 heterocycles. The van der Waals surface area contributed by atoms with Crippen molar-refractivity contribution >= 4 is 28.0 Å². The summed E-state index contributed by atoms with van der Waals surface area (Å²) in [6.45, 7) is 3.90. The van der Waals surface area contributed by atoms with Gasteiger partial charge >= 0.3 is 0 Å². The summed E-state index contributed by atoms with van der Waals surface area (Å²) < 4.78 is 52.3. The second kappa shape index (κ2) is 13.0. The monoisotopic (exact) mass is 798 g/mol. The number of rotatable bonds is 4. The van der Waals surface area contributed by atoms with E-state index in [-0.39, 0.29) is 31.0 Å². The molecule has 12 nitrogen and oxygen atoms in total. The lowest BCUT2D eigenvalue weighted by molar-refractivity contribution is 0.0714. The van der Waals surface area contributed by atoms with Crippen molar-refractivity contribution in [1.29, 1.82) is 0 Å². The molecule has 0 aliphatic carbocycles. The predicted octanol–water partition coefficient (Wildman–Crippen LogP) is 6.67. The van der Waals surface area contributed by atoms with Gasteiger partial charge in [-0.2, -0.15) is 0 Å². The van der Waals surface area contributed by atoms with E-state index in [1.165, 1.54) is 18.5 Å². The van der Waals surface area contributed by atoms with Gasteiger partial charge in [0.25, 0.3) is 12.0 Å². The van der Waals surface area contributed by atoms with E-state index in [1.54, 1.807) is 38.4 Å². The molecule has 4 aliphatic rings. The molecule has 4 aliphatic heterocycles. The number of nitrogens with zero attached hydrogens (tertiary/aromatic N) is 4. The molecule has 5 aromatic rings. The molecule has 276 valence electrons. The van der Waals surface area contributed by atoms with E-state index in [1.807, 2.05) is 30.3 Å². The Hall–Kier alpha value is -5.80. The maximum Gasteiger partial charge on any atom is 0.283 e. The number of ether oxygens (including phenoxy) is 4. The first kappa shape index (κ1) is 35.2. The van der Waals surface area contributed by atoms with Crippen molar-refractivity contribution in [1.82, 2.24) is 9.97 Å². The Labute approximate surface area is 316 Å². The topological polar surface area (TPSA) is 180 Å². The van der Waals surface area contributed by atoms with Gasteiger partial charge in [0.1, 0.15) is 48.4 Å². The van der Waals surface area contributed by atoms with Crippen LogP contribution in [0.3, 0.4) is 0 Å². The Bertz CT molecular complexity index is 2390. The molecule has 0 unspecified atom stereocenters. The number of aliphatic imine (C=N–C) groups is 2. The Balaban J connectivity index is 0.000000164. The van der Waals surface area contributed by atoms with Crippen LogP contribution in [-0.4, -0.2) is 51.0 Å². The molecule has 1 aromatic heterocycles. The van der Waals surface area contributed by atoms with Gasteiger partial charge in [0.05, 0.1) is 5.60 Å². The minimum Gasteiger partial charge on any atom is -0.505 e. The zero-order valence-electron chi connectivity index (χ0n) is 28.9. The average molecular weight is 800 g/mol. The van der Waals surface area contributed by atoms with Crippen molar-refractivity contribution in [3.63, 3.8) is 0 Å². The fourth-order valence-electron chi connectivity index (χ4n) is 7.02. The van der Waals surface area contributed by atoms with Crippen LogP contribution < -0.4 is 20.9 Å². The second-order valence-corrected chi connectivity index (χ2v) is 14.9. The first-order valence-electron chi connectivity index (χ1n) is 16.8. The van der Waals surface area contributed by atoms with Gasteiger partial charge in [-0.25, -0.2) is 28.7 Å². The molecule has 9 rings (SSSR count). The number of aryl methyl sites for hydroxylation is 1. The number of aliphatic hydroxyl groups is 1. The number of aromatic hydroxyl groups is 1. The van der Waals surface area contributed by atoms with Crippen LogP contribution in [0.5, 0.6) is 28.7 Å². The molecule has 15 heteroatoms. The smallest absolute Gasteiger partial charge is 0.283 e. The normalized spacial score (nSPS) is 20.1. The summed E-state index contributed by atoms with van der Waals surface area (Å²) in [7, 11) is 0. The number of nitrogens with two attached hydrogens (primary N) is 2. The zero-order chi connectivity index (χ0) is 38.0. The van der Waals surface area contributed by atoms with Crippen molar-refractivity contribution in [2.75, 3.05) is 13.2 Å². The highest BCUT2D eigenvalue weighted by atomic mass is 79.9. The van der Waals surface area contributed by atoms with Crippen LogP contribution in [0.15, 0.2) is 93.8 Å². The number of halogens is 3. The molecule has 2 spiro atoms. The Morgan fingerprint density at radius 1 is 0.759 bits per heavy atom. The maximum absolute atomic E-state index is 15.0. The third kappa shape index (κ3) is 6.12. The number of benzene rings is 4. The van der Waals surface area contributed by atoms with Gasteiger partial charge in [0, 0.05) is 62.4 Å². The molecule has 54 heavy (non-hydrogen) atoms. The van der Waals surface area contributed by atoms with Crippen molar-refractivity contribution in [2.45, 2.75) is 43.4 Å². The fraction of sp³-hybridized carbons (Fsp3) is 0.231. The van der Waals surface area contributed by atoms with E-state index in [0.29, 0.717) is 52.3 Å². The van der Waals surface area contributed by atoms with Gasteiger partial charge in [-0.05, 0) is 74.7 Å². The van der Waals surface area contributed by atoms with Crippen molar-refractivity contribution in [3.05, 3.63) is 123 Å². The van der Waals surface area contributed by atoms with E-state index in [0.717, 1.165) is 27.2 Å². The molecule has 0 amide bonds. The first-order chi connectivity index (χ1) is 25.7. The molecule has 0 bridgehead atoms. The van der Waals surface area contributed by atoms with Crippen LogP contribution in [0, 0.1) is 11.6 Å². The third-order valence-corrected chi connectivity index (χ3v) is 10.2. The lowest BCUT2D eigenvalue weighted by atomic mass is 9.79. The van der Waals surface area contributed by atoms with Crippen molar-refractivity contribution in [2.24, 2.45) is 21.5 Å². The van der Waals surface area contributed by atoms with Crippen LogP contribution in [0.1, 0.15) is 48.1 Å². The summed E-state index contributed by atoms with van der Waals surface area (Å²) in [6.07, 6.45) is 5.78. The predicted molar refractivity (Wildman–Crippen MR) is 198 cm³/mol. The largest absolute Gasteiger partial charge is 0.505 e. The standard InChI is InChI=1S/C24H23FN4O3.C15H10BrFN2O3/c1-23(2,30)6-5-14-3-4-20-17(7-14)24(12-31-22(26)29-24)18-8-16(15-10-27-13-28-11-15)19(25)9-21(18)32-20;16-7-1-2-12-8(3-7)15(6-21-14(18)19-15)9-4-11(20)10(17)5-13(9)22-12/h3-4,7-11,13,30H,5-6,12H2,1-2H3,(H2,26,29);1-5,20H,6H2,(H2,18,19)/t24-;15-/m11/s1. The van der Waals surface area contributed by atoms with Gasteiger partial charge in [0.2, 0.25) is 0 Å². The highest BCUT2D eigenvalue weighted by molar-refractivity contribution is 9.10. The minimum absolute atomic E-state index is 0.0441. The van der Waals surface area contributed by atoms with Gasteiger partial charge < -0.3 is 40.6 Å². The van der Waals surface area contributed by atoms with Crippen LogP contribution in [0.25, 0.3) is 11.1 Å². The molecular weight excluding hydrogens is 766 g/mol. The summed E-state index contributed by atoms with van der Waals surface area (Å²) in [5, 5.41) is 19.9. The summed E-state index contributed by atoms with van der Waals surface area (Å²) in [5.74, 6) is 0.0830. The number of fused-ring (bicyclic) bond motifs is 8. The van der Waals surface area contributed by atoms with Crippen molar-refractivity contribution < 1.29 is 37.9 Å². The van der Waals surface area contributed by atoms with Crippen LogP contribution in [0.4, 0.5) is 8.78 Å². The Morgan fingerprint density at radius 3 is 1.91 bits per heavy atom. The van der Waals surface area contributed by atoms with E-state index < -0.39 is 34.1 Å².